The van der Waals surface area contributed by atoms with Crippen LogP contribution in [0.5, 0.6) is 5.95 Å². The average Bonchev–Trinajstić information content (AvgIpc) is 2.99. The average molecular weight is 374 g/mol. The molecule has 0 bridgehead atoms. The van der Waals surface area contributed by atoms with Gasteiger partial charge in [-0.05, 0) is 43.1 Å². The van der Waals surface area contributed by atoms with Crippen LogP contribution in [0.25, 0.3) is 6.08 Å². The topological polar surface area (TPSA) is 124 Å². The Hall–Kier alpha value is -2.05. The molecule has 2 aliphatic rings. The third-order valence-corrected chi connectivity index (χ3v) is 7.03. The molecule has 0 aliphatic heterocycles. The number of amidine groups is 1. The second-order valence-corrected chi connectivity index (χ2v) is 8.60. The summed E-state index contributed by atoms with van der Waals surface area (Å²) in [4.78, 5) is 0. The van der Waals surface area contributed by atoms with Gasteiger partial charge in [-0.15, -0.1) is 0 Å². The monoisotopic (exact) mass is 374 g/mol. The molecule has 2 fully saturated rings. The minimum Gasteiger partial charge on any atom is -0.480 e. The summed E-state index contributed by atoms with van der Waals surface area (Å²) in [5, 5.41) is 38.0. The van der Waals surface area contributed by atoms with Gasteiger partial charge in [0.25, 0.3) is 5.95 Å². The van der Waals surface area contributed by atoms with Gasteiger partial charge in [-0.2, -0.15) is 0 Å². The first-order valence-corrected chi connectivity index (χ1v) is 9.45. The Bertz CT molecular complexity index is 783. The van der Waals surface area contributed by atoms with Crippen molar-refractivity contribution in [1.82, 2.24) is 0 Å². The van der Waals surface area contributed by atoms with Crippen molar-refractivity contribution in [3.05, 3.63) is 35.6 Å². The van der Waals surface area contributed by atoms with Crippen LogP contribution in [-0.4, -0.2) is 33.9 Å². The molecule has 6 nitrogen and oxygen atoms in total. The molecule has 148 valence electrons. The molecule has 0 radical (unpaired) electrons. The standard InChI is InChI=1S/C21H30N2O4/c1-12-4-7-16-20(2,9-8-17(25)21(16,3)11-24)14(12)6-5-13-10-15(18(22)23)27-19(13)26/h5-6,10,14,16-17,24-26H,1,4,7-9,11H2,2-3H3,(H3,22,23)/b6-5+/t14-,16?,17-,20+,21?/m1/s1. The highest BCUT2D eigenvalue weighted by atomic mass is 16.5. The first kappa shape index (κ1) is 19.7. The van der Waals surface area contributed by atoms with Crippen molar-refractivity contribution in [3.63, 3.8) is 0 Å². The van der Waals surface area contributed by atoms with Gasteiger partial charge in [0, 0.05) is 11.3 Å². The minimum absolute atomic E-state index is 0.0399. The molecule has 0 saturated heterocycles. The molecule has 2 unspecified atom stereocenters. The highest BCUT2D eigenvalue weighted by molar-refractivity contribution is 5.93. The number of allylic oxidation sites excluding steroid dienone is 2. The fraction of sp³-hybridized carbons (Fsp3) is 0.571. The number of nitrogens with one attached hydrogen (secondary N) is 1. The summed E-state index contributed by atoms with van der Waals surface area (Å²) in [5.41, 5.74) is 6.35. The lowest BCUT2D eigenvalue weighted by Crippen LogP contribution is -2.57. The summed E-state index contributed by atoms with van der Waals surface area (Å²) >= 11 is 0. The lowest BCUT2D eigenvalue weighted by molar-refractivity contribution is -0.145. The molecule has 0 spiro atoms. The molecule has 1 heterocycles. The lowest BCUT2D eigenvalue weighted by Gasteiger charge is -2.59. The van der Waals surface area contributed by atoms with Crippen LogP contribution in [0.1, 0.15) is 50.9 Å². The molecular weight excluding hydrogens is 344 g/mol. The van der Waals surface area contributed by atoms with Crippen LogP contribution in [0.3, 0.4) is 0 Å². The first-order valence-electron chi connectivity index (χ1n) is 9.45. The molecule has 6 N–H and O–H groups in total. The SMILES string of the molecule is C=C1CCC2C(C)(CO)[C@H](O)CC[C@@]2(C)[C@@H]1/C=C/c1cc(C(=N)N)oc1O. The molecule has 6 heteroatoms. The summed E-state index contributed by atoms with van der Waals surface area (Å²) in [6, 6.07) is 1.54. The molecule has 2 aliphatic carbocycles. The van der Waals surface area contributed by atoms with Crippen LogP contribution in [0.4, 0.5) is 0 Å². The van der Waals surface area contributed by atoms with Gasteiger partial charge in [-0.1, -0.05) is 38.2 Å². The van der Waals surface area contributed by atoms with E-state index >= 15 is 0 Å². The predicted molar refractivity (Wildman–Crippen MR) is 104 cm³/mol. The largest absolute Gasteiger partial charge is 0.480 e. The van der Waals surface area contributed by atoms with Crippen molar-refractivity contribution in [1.29, 1.82) is 5.41 Å². The van der Waals surface area contributed by atoms with E-state index in [0.29, 0.717) is 12.0 Å². The number of aliphatic hydroxyl groups is 2. The van der Waals surface area contributed by atoms with Crippen molar-refractivity contribution in [2.45, 2.75) is 45.6 Å². The van der Waals surface area contributed by atoms with Crippen molar-refractivity contribution in [2.24, 2.45) is 28.4 Å². The maximum atomic E-state index is 10.6. The van der Waals surface area contributed by atoms with Gasteiger partial charge in [0.05, 0.1) is 18.3 Å². The highest BCUT2D eigenvalue weighted by Gasteiger charge is 2.57. The van der Waals surface area contributed by atoms with Crippen LogP contribution in [0.2, 0.25) is 0 Å². The van der Waals surface area contributed by atoms with Crippen molar-refractivity contribution >= 4 is 11.9 Å². The molecule has 27 heavy (non-hydrogen) atoms. The number of aromatic hydroxyl groups is 1. The van der Waals surface area contributed by atoms with Gasteiger partial charge in [0.2, 0.25) is 0 Å². The summed E-state index contributed by atoms with van der Waals surface area (Å²) in [5.74, 6) is -0.139. The second kappa shape index (κ2) is 6.84. The van der Waals surface area contributed by atoms with Gasteiger partial charge in [0.15, 0.2) is 11.6 Å². The van der Waals surface area contributed by atoms with Crippen LogP contribution in [0.15, 0.2) is 28.7 Å². The number of furan rings is 1. The number of rotatable bonds is 4. The Labute approximate surface area is 159 Å². The van der Waals surface area contributed by atoms with E-state index in [1.54, 1.807) is 12.1 Å². The van der Waals surface area contributed by atoms with Crippen LogP contribution >= 0.6 is 0 Å². The maximum Gasteiger partial charge on any atom is 0.290 e. The van der Waals surface area contributed by atoms with Crippen molar-refractivity contribution < 1.29 is 19.7 Å². The van der Waals surface area contributed by atoms with Gasteiger partial charge in [-0.3, -0.25) is 5.41 Å². The Morgan fingerprint density at radius 3 is 2.74 bits per heavy atom. The summed E-state index contributed by atoms with van der Waals surface area (Å²) in [7, 11) is 0. The van der Waals surface area contributed by atoms with E-state index in [1.807, 2.05) is 13.0 Å². The minimum atomic E-state index is -0.528. The summed E-state index contributed by atoms with van der Waals surface area (Å²) < 4.78 is 5.11. The normalized spacial score (nSPS) is 36.7. The van der Waals surface area contributed by atoms with Crippen molar-refractivity contribution in [3.8, 4) is 5.95 Å². The van der Waals surface area contributed by atoms with E-state index in [0.717, 1.165) is 24.8 Å². The van der Waals surface area contributed by atoms with Crippen molar-refractivity contribution in [2.75, 3.05) is 6.61 Å². The summed E-state index contributed by atoms with van der Waals surface area (Å²) in [6.45, 7) is 8.43. The molecule has 2 saturated carbocycles. The predicted octanol–water partition coefficient (Wildman–Crippen LogP) is 3.02. The molecule has 1 aromatic heterocycles. The van der Waals surface area contributed by atoms with Gasteiger partial charge in [-0.25, -0.2) is 0 Å². The van der Waals surface area contributed by atoms with E-state index < -0.39 is 11.5 Å². The number of nitrogen functional groups attached to an aromatic ring is 1. The quantitative estimate of drug-likeness (QED) is 0.315. The van der Waals surface area contributed by atoms with E-state index in [1.165, 1.54) is 0 Å². The fourth-order valence-corrected chi connectivity index (χ4v) is 5.34. The Kier molecular flexibility index (Phi) is 4.99. The fourth-order valence-electron chi connectivity index (χ4n) is 5.34. The molecule has 0 amide bonds. The third kappa shape index (κ3) is 3.11. The van der Waals surface area contributed by atoms with E-state index in [4.69, 9.17) is 15.6 Å². The van der Waals surface area contributed by atoms with Gasteiger partial charge in [0.1, 0.15) is 0 Å². The van der Waals surface area contributed by atoms with Crippen LogP contribution < -0.4 is 5.73 Å². The number of hydrogen-bond donors (Lipinski definition) is 5. The van der Waals surface area contributed by atoms with Gasteiger partial charge >= 0.3 is 0 Å². The molecule has 0 aromatic carbocycles. The highest BCUT2D eigenvalue weighted by Crippen LogP contribution is 2.61. The summed E-state index contributed by atoms with van der Waals surface area (Å²) in [6.07, 6.45) is 6.54. The molecule has 3 rings (SSSR count). The zero-order valence-electron chi connectivity index (χ0n) is 16.0. The number of hydrogen-bond acceptors (Lipinski definition) is 5. The number of nitrogens with two attached hydrogens (primary N) is 1. The van der Waals surface area contributed by atoms with E-state index in [-0.39, 0.29) is 41.4 Å². The maximum absolute atomic E-state index is 10.6. The zero-order valence-corrected chi connectivity index (χ0v) is 16.0. The Morgan fingerprint density at radius 1 is 1.44 bits per heavy atom. The lowest BCUT2D eigenvalue weighted by atomic mass is 9.46. The third-order valence-electron chi connectivity index (χ3n) is 7.03. The number of aliphatic hydroxyl groups excluding tert-OH is 2. The smallest absolute Gasteiger partial charge is 0.290 e. The second-order valence-electron chi connectivity index (χ2n) is 8.60. The molecular formula is C21H30N2O4. The first-order chi connectivity index (χ1) is 12.6. The van der Waals surface area contributed by atoms with E-state index in [9.17, 15) is 15.3 Å². The van der Waals surface area contributed by atoms with E-state index in [2.05, 4.69) is 13.5 Å². The molecule has 5 atom stereocenters. The Balaban J connectivity index is 1.94. The molecule has 1 aromatic rings. The zero-order chi connectivity index (χ0) is 20.0. The van der Waals surface area contributed by atoms with Crippen LogP contribution in [0, 0.1) is 28.1 Å². The number of fused-ring (bicyclic) bond motifs is 1. The van der Waals surface area contributed by atoms with Gasteiger partial charge < -0.3 is 25.5 Å². The van der Waals surface area contributed by atoms with Crippen LogP contribution in [-0.2, 0) is 0 Å². The Morgan fingerprint density at radius 2 is 2.15 bits per heavy atom.